The number of benzene rings is 1. The Labute approximate surface area is 130 Å². The molecule has 2 rings (SSSR count). The lowest BCUT2D eigenvalue weighted by atomic mass is 10.2. The Hall–Kier alpha value is -1.88. The molecule has 1 saturated heterocycles. The zero-order valence-electron chi connectivity index (χ0n) is 12.0. The lowest BCUT2D eigenvalue weighted by Crippen LogP contribution is -2.32. The first-order valence-corrected chi connectivity index (χ1v) is 8.44. The number of hydrogen-bond acceptors (Lipinski definition) is 4. The molecule has 0 aromatic heterocycles. The number of rotatable bonds is 6. The van der Waals surface area contributed by atoms with E-state index in [-0.39, 0.29) is 29.0 Å². The van der Waals surface area contributed by atoms with Crippen LogP contribution in [0.5, 0.6) is 0 Å². The number of ether oxygens (including phenoxy) is 1. The molecule has 22 heavy (non-hydrogen) atoms. The maximum absolute atomic E-state index is 12.1. The molecule has 1 aliphatic heterocycles. The largest absolute Gasteiger partial charge is 0.376 e. The predicted octanol–water partition coefficient (Wildman–Crippen LogP) is 0.507. The molecule has 0 bridgehead atoms. The first-order chi connectivity index (χ1) is 10.5. The third-order valence-electron chi connectivity index (χ3n) is 3.29. The monoisotopic (exact) mass is 322 g/mol. The van der Waals surface area contributed by atoms with Crippen molar-refractivity contribution < 1.29 is 17.9 Å². The molecule has 0 radical (unpaired) electrons. The van der Waals surface area contributed by atoms with E-state index >= 15 is 0 Å². The number of carbonyl (C=O) groups is 1. The second-order valence-corrected chi connectivity index (χ2v) is 6.67. The van der Waals surface area contributed by atoms with Crippen LogP contribution in [0.15, 0.2) is 29.2 Å². The van der Waals surface area contributed by atoms with Gasteiger partial charge in [0.1, 0.15) is 0 Å². The highest BCUT2D eigenvalue weighted by Gasteiger charge is 2.18. The van der Waals surface area contributed by atoms with Crippen LogP contribution in [0.3, 0.4) is 0 Å². The minimum Gasteiger partial charge on any atom is -0.376 e. The molecule has 1 aliphatic rings. The summed E-state index contributed by atoms with van der Waals surface area (Å²) in [6.45, 7) is 1.04. The van der Waals surface area contributed by atoms with Crippen LogP contribution in [-0.2, 0) is 14.8 Å². The Morgan fingerprint density at radius 2 is 2.27 bits per heavy atom. The van der Waals surface area contributed by atoms with Crippen LogP contribution < -0.4 is 10.0 Å². The van der Waals surface area contributed by atoms with Gasteiger partial charge in [-0.05, 0) is 31.0 Å². The van der Waals surface area contributed by atoms with E-state index in [2.05, 4.69) is 16.0 Å². The lowest BCUT2D eigenvalue weighted by Gasteiger charge is -2.11. The van der Waals surface area contributed by atoms with Crippen molar-refractivity contribution in [2.75, 3.05) is 19.7 Å². The zero-order chi connectivity index (χ0) is 16.0. The molecule has 0 aliphatic carbocycles. The number of nitrogens with one attached hydrogen (secondary N) is 2. The molecule has 7 heteroatoms. The highest BCUT2D eigenvalue weighted by Crippen LogP contribution is 2.13. The summed E-state index contributed by atoms with van der Waals surface area (Å²) in [6, 6.07) is 5.82. The van der Waals surface area contributed by atoms with Gasteiger partial charge in [0.2, 0.25) is 10.0 Å². The van der Waals surface area contributed by atoms with E-state index in [0.29, 0.717) is 6.54 Å². The van der Waals surface area contributed by atoms with Gasteiger partial charge in [-0.15, -0.1) is 6.42 Å². The van der Waals surface area contributed by atoms with Gasteiger partial charge >= 0.3 is 0 Å². The average molecular weight is 322 g/mol. The van der Waals surface area contributed by atoms with Crippen molar-refractivity contribution in [2.45, 2.75) is 23.8 Å². The van der Waals surface area contributed by atoms with Gasteiger partial charge in [0.15, 0.2) is 0 Å². The van der Waals surface area contributed by atoms with Crippen molar-refractivity contribution >= 4 is 15.9 Å². The smallest absolute Gasteiger partial charge is 0.251 e. The van der Waals surface area contributed by atoms with Crippen LogP contribution in [0.4, 0.5) is 0 Å². The Bertz CT molecular complexity index is 673. The third-order valence-corrected chi connectivity index (χ3v) is 4.68. The molecular formula is C15H18N2O4S. The van der Waals surface area contributed by atoms with Crippen LogP contribution in [-0.4, -0.2) is 40.1 Å². The van der Waals surface area contributed by atoms with Gasteiger partial charge in [0.25, 0.3) is 5.91 Å². The summed E-state index contributed by atoms with van der Waals surface area (Å²) in [5.41, 5.74) is 0.279. The van der Waals surface area contributed by atoms with E-state index < -0.39 is 10.0 Å². The SMILES string of the molecule is C#CCNS(=O)(=O)c1cccc(C(=O)NCC2CCCO2)c1. The van der Waals surface area contributed by atoms with Crippen LogP contribution in [0.25, 0.3) is 0 Å². The fraction of sp³-hybridized carbons (Fsp3) is 0.400. The molecule has 1 unspecified atom stereocenters. The summed E-state index contributed by atoms with van der Waals surface area (Å²) in [5.74, 6) is 1.87. The van der Waals surface area contributed by atoms with E-state index in [1.54, 1.807) is 6.07 Å². The molecule has 6 nitrogen and oxygen atoms in total. The van der Waals surface area contributed by atoms with Gasteiger partial charge in [0.05, 0.1) is 17.5 Å². The van der Waals surface area contributed by atoms with Gasteiger partial charge in [-0.3, -0.25) is 4.79 Å². The molecular weight excluding hydrogens is 304 g/mol. The Morgan fingerprint density at radius 1 is 1.45 bits per heavy atom. The van der Waals surface area contributed by atoms with Crippen LogP contribution >= 0.6 is 0 Å². The summed E-state index contributed by atoms with van der Waals surface area (Å²) in [4.78, 5) is 12.1. The Balaban J connectivity index is 2.04. The maximum atomic E-state index is 12.1. The van der Waals surface area contributed by atoms with Crippen molar-refractivity contribution in [3.8, 4) is 12.3 Å². The summed E-state index contributed by atoms with van der Waals surface area (Å²) in [7, 11) is -3.71. The molecule has 1 fully saturated rings. The molecule has 1 aromatic rings. The first-order valence-electron chi connectivity index (χ1n) is 6.96. The van der Waals surface area contributed by atoms with E-state index in [9.17, 15) is 13.2 Å². The van der Waals surface area contributed by atoms with Crippen molar-refractivity contribution in [1.82, 2.24) is 10.0 Å². The molecule has 1 atom stereocenters. The average Bonchev–Trinajstić information content (AvgIpc) is 3.04. The summed E-state index contributed by atoms with van der Waals surface area (Å²) in [5, 5.41) is 2.75. The fourth-order valence-corrected chi connectivity index (χ4v) is 3.12. The van der Waals surface area contributed by atoms with Crippen LogP contribution in [0.1, 0.15) is 23.2 Å². The molecule has 2 N–H and O–H groups in total. The molecule has 0 spiro atoms. The van der Waals surface area contributed by atoms with Gasteiger partial charge < -0.3 is 10.1 Å². The second kappa shape index (κ2) is 7.40. The van der Waals surface area contributed by atoms with Gasteiger partial charge in [0, 0.05) is 18.7 Å². The summed E-state index contributed by atoms with van der Waals surface area (Å²) >= 11 is 0. The van der Waals surface area contributed by atoms with E-state index in [0.717, 1.165) is 19.4 Å². The van der Waals surface area contributed by atoms with Crippen molar-refractivity contribution in [1.29, 1.82) is 0 Å². The second-order valence-electron chi connectivity index (χ2n) is 4.90. The highest BCUT2D eigenvalue weighted by molar-refractivity contribution is 7.89. The topological polar surface area (TPSA) is 84.5 Å². The zero-order valence-corrected chi connectivity index (χ0v) is 12.9. The number of terminal acetylenes is 1. The maximum Gasteiger partial charge on any atom is 0.251 e. The van der Waals surface area contributed by atoms with Gasteiger partial charge in [-0.2, -0.15) is 4.72 Å². The van der Waals surface area contributed by atoms with E-state index in [4.69, 9.17) is 11.2 Å². The Morgan fingerprint density at radius 3 is 2.95 bits per heavy atom. The Kier molecular flexibility index (Phi) is 5.55. The quantitative estimate of drug-likeness (QED) is 0.747. The summed E-state index contributed by atoms with van der Waals surface area (Å²) in [6.07, 6.45) is 6.99. The highest BCUT2D eigenvalue weighted by atomic mass is 32.2. The molecule has 1 heterocycles. The van der Waals surface area contributed by atoms with Crippen molar-refractivity contribution in [2.24, 2.45) is 0 Å². The minimum absolute atomic E-state index is 0.00696. The van der Waals surface area contributed by atoms with Crippen LogP contribution in [0.2, 0.25) is 0 Å². The molecule has 118 valence electrons. The van der Waals surface area contributed by atoms with Crippen molar-refractivity contribution in [3.63, 3.8) is 0 Å². The molecule has 0 saturated carbocycles. The normalized spacial score (nSPS) is 17.9. The van der Waals surface area contributed by atoms with Crippen LogP contribution in [0, 0.1) is 12.3 Å². The third kappa shape index (κ3) is 4.31. The molecule has 1 amide bonds. The lowest BCUT2D eigenvalue weighted by molar-refractivity contribution is 0.0857. The number of hydrogen-bond donors (Lipinski definition) is 2. The number of carbonyl (C=O) groups excluding carboxylic acids is 1. The van der Waals surface area contributed by atoms with E-state index in [1.807, 2.05) is 0 Å². The number of sulfonamides is 1. The summed E-state index contributed by atoms with van der Waals surface area (Å²) < 4.78 is 31.6. The van der Waals surface area contributed by atoms with Crippen molar-refractivity contribution in [3.05, 3.63) is 29.8 Å². The minimum atomic E-state index is -3.71. The standard InChI is InChI=1S/C15H18N2O4S/c1-2-8-17-22(19,20)14-7-3-5-12(10-14)15(18)16-11-13-6-4-9-21-13/h1,3,5,7,10,13,17H,4,6,8-9,11H2,(H,16,18). The first kappa shape index (κ1) is 16.5. The fourth-order valence-electron chi connectivity index (χ4n) is 2.14. The van der Waals surface area contributed by atoms with Gasteiger partial charge in [-0.25, -0.2) is 8.42 Å². The van der Waals surface area contributed by atoms with Gasteiger partial charge in [-0.1, -0.05) is 12.0 Å². The predicted molar refractivity (Wildman–Crippen MR) is 81.8 cm³/mol. The number of amides is 1. The molecule has 1 aromatic carbocycles. The van der Waals surface area contributed by atoms with E-state index in [1.165, 1.54) is 18.2 Å².